The van der Waals surface area contributed by atoms with Crippen LogP contribution in [0.4, 0.5) is 5.69 Å². The summed E-state index contributed by atoms with van der Waals surface area (Å²) in [6, 6.07) is 8.14. The number of carbonyl (C=O) groups excluding carboxylic acids is 2. The highest BCUT2D eigenvalue weighted by Gasteiger charge is 2.26. The van der Waals surface area contributed by atoms with Crippen molar-refractivity contribution in [1.82, 2.24) is 19.7 Å². The molecule has 0 radical (unpaired) electrons. The number of nitrogens with zero attached hydrogens (tertiary/aromatic N) is 4. The Morgan fingerprint density at radius 3 is 2.65 bits per heavy atom. The van der Waals surface area contributed by atoms with Crippen molar-refractivity contribution in [3.63, 3.8) is 0 Å². The van der Waals surface area contributed by atoms with E-state index in [1.165, 1.54) is 35.9 Å². The second kappa shape index (κ2) is 10.8. The number of anilines is 1. The lowest BCUT2D eigenvalue weighted by atomic mass is 9.95. The third-order valence-corrected chi connectivity index (χ3v) is 6.88. The molecule has 0 bridgehead atoms. The van der Waals surface area contributed by atoms with E-state index in [-0.39, 0.29) is 23.6 Å². The van der Waals surface area contributed by atoms with Gasteiger partial charge < -0.3 is 14.8 Å². The van der Waals surface area contributed by atoms with Crippen LogP contribution in [-0.4, -0.2) is 50.3 Å². The summed E-state index contributed by atoms with van der Waals surface area (Å²) in [6.07, 6.45) is 6.83. The number of rotatable bonds is 8. The number of benzene rings is 1. The van der Waals surface area contributed by atoms with Crippen LogP contribution >= 0.6 is 11.8 Å². The van der Waals surface area contributed by atoms with Crippen molar-refractivity contribution in [3.05, 3.63) is 35.7 Å². The molecule has 1 aliphatic rings. The topological polar surface area (TPSA) is 80.1 Å². The molecule has 1 N–H and O–H groups in total. The zero-order valence-corrected chi connectivity index (χ0v) is 19.7. The standard InChI is InChI=1S/C23H33N5O2S/c1-5-18-11-9-10-14-20(18)24-21(29)15-27(4)22(30)16(2)31-23-26-25-17(3)28(23)19-12-7-6-8-13-19/h9-11,14,16,19H,5-8,12-13,15H2,1-4H3,(H,24,29). The first-order chi connectivity index (χ1) is 14.9. The van der Waals surface area contributed by atoms with Crippen LogP contribution in [0.3, 0.4) is 0 Å². The Kier molecular flexibility index (Phi) is 8.12. The lowest BCUT2D eigenvalue weighted by Gasteiger charge is -2.26. The van der Waals surface area contributed by atoms with Crippen LogP contribution in [0.1, 0.15) is 63.4 Å². The summed E-state index contributed by atoms with van der Waals surface area (Å²) in [4.78, 5) is 26.9. The average Bonchev–Trinajstić information content (AvgIpc) is 3.13. The number of nitrogens with one attached hydrogen (secondary N) is 1. The van der Waals surface area contributed by atoms with E-state index in [0.29, 0.717) is 6.04 Å². The molecule has 1 heterocycles. The van der Waals surface area contributed by atoms with E-state index >= 15 is 0 Å². The number of likely N-dealkylation sites (N-methyl/N-ethyl adjacent to an activating group) is 1. The number of hydrogen-bond acceptors (Lipinski definition) is 5. The minimum Gasteiger partial charge on any atom is -0.335 e. The maximum Gasteiger partial charge on any atom is 0.243 e. The second-order valence-electron chi connectivity index (χ2n) is 8.20. The van der Waals surface area contributed by atoms with Gasteiger partial charge in [0.15, 0.2) is 5.16 Å². The molecule has 1 aromatic heterocycles. The Balaban J connectivity index is 1.59. The van der Waals surface area contributed by atoms with Crippen LogP contribution in [0.25, 0.3) is 0 Å². The monoisotopic (exact) mass is 443 g/mol. The lowest BCUT2D eigenvalue weighted by molar-refractivity contribution is -0.132. The molecule has 1 fully saturated rings. The summed E-state index contributed by atoms with van der Waals surface area (Å²) in [6.45, 7) is 5.90. The van der Waals surface area contributed by atoms with Gasteiger partial charge in [0.2, 0.25) is 11.8 Å². The number of aromatic nitrogens is 3. The van der Waals surface area contributed by atoms with E-state index in [9.17, 15) is 9.59 Å². The van der Waals surface area contributed by atoms with Crippen LogP contribution in [0.15, 0.2) is 29.4 Å². The first-order valence-corrected chi connectivity index (χ1v) is 12.0. The van der Waals surface area contributed by atoms with Crippen molar-refractivity contribution in [1.29, 1.82) is 0 Å². The quantitative estimate of drug-likeness (QED) is 0.618. The molecule has 0 aliphatic heterocycles. The van der Waals surface area contributed by atoms with E-state index in [4.69, 9.17) is 0 Å². The molecule has 7 nitrogen and oxygen atoms in total. The highest BCUT2D eigenvalue weighted by molar-refractivity contribution is 8.00. The van der Waals surface area contributed by atoms with E-state index in [0.717, 1.165) is 41.5 Å². The zero-order chi connectivity index (χ0) is 22.4. The second-order valence-corrected chi connectivity index (χ2v) is 9.51. The average molecular weight is 444 g/mol. The largest absolute Gasteiger partial charge is 0.335 e. The van der Waals surface area contributed by atoms with Gasteiger partial charge >= 0.3 is 0 Å². The lowest BCUT2D eigenvalue weighted by Crippen LogP contribution is -2.39. The Morgan fingerprint density at radius 2 is 1.94 bits per heavy atom. The molecule has 1 saturated carbocycles. The summed E-state index contributed by atoms with van der Waals surface area (Å²) in [5.74, 6) is 0.603. The maximum absolute atomic E-state index is 12.9. The molecule has 2 aromatic rings. The molecule has 31 heavy (non-hydrogen) atoms. The molecule has 3 rings (SSSR count). The number of thioether (sulfide) groups is 1. The molecule has 1 aromatic carbocycles. The van der Waals surface area contributed by atoms with Crippen LogP contribution in [0.5, 0.6) is 0 Å². The maximum atomic E-state index is 12.9. The summed E-state index contributed by atoms with van der Waals surface area (Å²) >= 11 is 1.42. The van der Waals surface area contributed by atoms with Crippen molar-refractivity contribution >= 4 is 29.3 Å². The Morgan fingerprint density at radius 1 is 1.23 bits per heavy atom. The van der Waals surface area contributed by atoms with Crippen molar-refractivity contribution < 1.29 is 9.59 Å². The number of amides is 2. The van der Waals surface area contributed by atoms with Crippen molar-refractivity contribution in [2.24, 2.45) is 0 Å². The number of hydrogen-bond donors (Lipinski definition) is 1. The summed E-state index contributed by atoms with van der Waals surface area (Å²) < 4.78 is 2.20. The SMILES string of the molecule is CCc1ccccc1NC(=O)CN(C)C(=O)C(C)Sc1nnc(C)n1C1CCCCC1. The molecular weight excluding hydrogens is 410 g/mol. The molecule has 0 saturated heterocycles. The first-order valence-electron chi connectivity index (χ1n) is 11.1. The summed E-state index contributed by atoms with van der Waals surface area (Å²) in [5, 5.41) is 12.0. The summed E-state index contributed by atoms with van der Waals surface area (Å²) in [7, 11) is 1.67. The number of para-hydroxylation sites is 1. The van der Waals surface area contributed by atoms with Crippen LogP contribution in [-0.2, 0) is 16.0 Å². The fourth-order valence-corrected chi connectivity index (χ4v) is 5.22. The van der Waals surface area contributed by atoms with Crippen molar-refractivity contribution in [2.75, 3.05) is 18.9 Å². The van der Waals surface area contributed by atoms with Gasteiger partial charge in [0.05, 0.1) is 11.8 Å². The van der Waals surface area contributed by atoms with Gasteiger partial charge in [-0.2, -0.15) is 0 Å². The van der Waals surface area contributed by atoms with Crippen molar-refractivity contribution in [3.8, 4) is 0 Å². The van der Waals surface area contributed by atoms with Gasteiger partial charge in [-0.05, 0) is 44.7 Å². The smallest absolute Gasteiger partial charge is 0.243 e. The minimum atomic E-state index is -0.355. The fraction of sp³-hybridized carbons (Fsp3) is 0.565. The third kappa shape index (κ3) is 5.87. The third-order valence-electron chi connectivity index (χ3n) is 5.83. The Labute approximate surface area is 189 Å². The van der Waals surface area contributed by atoms with E-state index in [1.807, 2.05) is 45.0 Å². The van der Waals surface area contributed by atoms with Gasteiger partial charge in [0.25, 0.3) is 0 Å². The fourth-order valence-electron chi connectivity index (χ4n) is 4.14. The molecule has 168 valence electrons. The Hall–Kier alpha value is -2.35. The van der Waals surface area contributed by atoms with E-state index < -0.39 is 0 Å². The zero-order valence-electron chi connectivity index (χ0n) is 18.9. The van der Waals surface area contributed by atoms with Gasteiger partial charge in [0, 0.05) is 18.8 Å². The van der Waals surface area contributed by atoms with Crippen LogP contribution in [0.2, 0.25) is 0 Å². The molecule has 1 atom stereocenters. The van der Waals surface area contributed by atoms with Gasteiger partial charge in [-0.3, -0.25) is 9.59 Å². The first kappa shape index (κ1) is 23.3. The molecule has 8 heteroatoms. The normalized spacial score (nSPS) is 15.5. The minimum absolute atomic E-state index is 0.0100. The highest BCUT2D eigenvalue weighted by atomic mass is 32.2. The van der Waals surface area contributed by atoms with E-state index in [2.05, 4.69) is 20.1 Å². The predicted octanol–water partition coefficient (Wildman–Crippen LogP) is 4.23. The van der Waals surface area contributed by atoms with Crippen molar-refractivity contribution in [2.45, 2.75) is 75.7 Å². The van der Waals surface area contributed by atoms with Gasteiger partial charge in [-0.15, -0.1) is 10.2 Å². The van der Waals surface area contributed by atoms with Crippen LogP contribution in [0, 0.1) is 6.92 Å². The number of carbonyl (C=O) groups is 2. The Bertz CT molecular complexity index is 907. The van der Waals surface area contributed by atoms with Gasteiger partial charge in [-0.1, -0.05) is 56.1 Å². The molecular formula is C23H33N5O2S. The van der Waals surface area contributed by atoms with Gasteiger partial charge in [0.1, 0.15) is 5.82 Å². The van der Waals surface area contributed by atoms with Crippen LogP contribution < -0.4 is 5.32 Å². The van der Waals surface area contributed by atoms with Gasteiger partial charge in [-0.25, -0.2) is 0 Å². The molecule has 1 aliphatic carbocycles. The number of aryl methyl sites for hydroxylation is 2. The predicted molar refractivity (Wildman–Crippen MR) is 124 cm³/mol. The summed E-state index contributed by atoms with van der Waals surface area (Å²) in [5.41, 5.74) is 1.88. The molecule has 0 spiro atoms. The van der Waals surface area contributed by atoms with E-state index in [1.54, 1.807) is 7.05 Å². The molecule has 2 amide bonds. The molecule has 1 unspecified atom stereocenters. The highest BCUT2D eigenvalue weighted by Crippen LogP contribution is 2.33.